The Labute approximate surface area is 133 Å². The lowest BCUT2D eigenvalue weighted by atomic mass is 9.81. The highest BCUT2D eigenvalue weighted by molar-refractivity contribution is 9.11. The van der Waals surface area contributed by atoms with Crippen LogP contribution >= 0.6 is 27.3 Å². The van der Waals surface area contributed by atoms with E-state index in [1.54, 1.807) is 6.07 Å². The maximum atomic E-state index is 12.4. The first-order valence-electron chi connectivity index (χ1n) is 6.95. The van der Waals surface area contributed by atoms with Gasteiger partial charge in [0.2, 0.25) is 10.0 Å². The number of nitrogens with one attached hydrogen (secondary N) is 2. The second kappa shape index (κ2) is 6.87. The minimum absolute atomic E-state index is 0.0118. The van der Waals surface area contributed by atoms with Crippen LogP contribution in [0.3, 0.4) is 0 Å². The van der Waals surface area contributed by atoms with E-state index in [1.807, 2.05) is 13.8 Å². The number of hydrogen-bond acceptors (Lipinski definition) is 4. The van der Waals surface area contributed by atoms with Crippen molar-refractivity contribution >= 4 is 37.3 Å². The lowest BCUT2D eigenvalue weighted by Crippen LogP contribution is -2.40. The van der Waals surface area contributed by atoms with Crippen LogP contribution in [0.4, 0.5) is 0 Å². The summed E-state index contributed by atoms with van der Waals surface area (Å²) in [4.78, 5) is 1.39. The van der Waals surface area contributed by atoms with Crippen molar-refractivity contribution in [1.82, 2.24) is 10.0 Å². The van der Waals surface area contributed by atoms with Gasteiger partial charge in [0.15, 0.2) is 0 Å². The molecular formula is C13H21BrN2O2S2. The van der Waals surface area contributed by atoms with E-state index in [0.717, 1.165) is 24.3 Å². The highest BCUT2D eigenvalue weighted by atomic mass is 79.9. The van der Waals surface area contributed by atoms with Gasteiger partial charge in [-0.05, 0) is 54.2 Å². The summed E-state index contributed by atoms with van der Waals surface area (Å²) in [6.07, 6.45) is 3.46. The van der Waals surface area contributed by atoms with Crippen LogP contribution in [0.5, 0.6) is 0 Å². The van der Waals surface area contributed by atoms with Crippen molar-refractivity contribution in [3.63, 3.8) is 0 Å². The van der Waals surface area contributed by atoms with Gasteiger partial charge in [-0.25, -0.2) is 13.1 Å². The van der Waals surface area contributed by atoms with Crippen molar-refractivity contribution in [2.45, 2.75) is 50.6 Å². The Hall–Kier alpha value is 0.0500. The molecule has 0 saturated heterocycles. The van der Waals surface area contributed by atoms with Gasteiger partial charge in [-0.3, -0.25) is 0 Å². The molecule has 7 heteroatoms. The Kier molecular flexibility index (Phi) is 5.64. The number of halogens is 1. The molecule has 20 heavy (non-hydrogen) atoms. The highest BCUT2D eigenvalue weighted by Gasteiger charge is 2.29. The molecule has 2 rings (SSSR count). The summed E-state index contributed by atoms with van der Waals surface area (Å²) in [7, 11) is -3.43. The van der Waals surface area contributed by atoms with Crippen LogP contribution in [0.1, 0.15) is 38.0 Å². The second-order valence-electron chi connectivity index (χ2n) is 5.23. The number of hydrogen-bond donors (Lipinski definition) is 2. The molecule has 1 aliphatic rings. The fourth-order valence-electron chi connectivity index (χ4n) is 2.26. The van der Waals surface area contributed by atoms with E-state index in [0.29, 0.717) is 21.1 Å². The number of rotatable bonds is 7. The van der Waals surface area contributed by atoms with Crippen LogP contribution in [0.25, 0.3) is 0 Å². The van der Waals surface area contributed by atoms with Crippen LogP contribution < -0.4 is 10.0 Å². The van der Waals surface area contributed by atoms with Gasteiger partial charge in [-0.2, -0.15) is 0 Å². The van der Waals surface area contributed by atoms with Gasteiger partial charge >= 0.3 is 0 Å². The van der Waals surface area contributed by atoms with Crippen molar-refractivity contribution in [3.05, 3.63) is 14.7 Å². The van der Waals surface area contributed by atoms with Gasteiger partial charge in [-0.1, -0.05) is 13.3 Å². The maximum Gasteiger partial charge on any atom is 0.242 e. The van der Waals surface area contributed by atoms with E-state index in [-0.39, 0.29) is 6.04 Å². The quantitative estimate of drug-likeness (QED) is 0.763. The van der Waals surface area contributed by atoms with Crippen LogP contribution in [0.15, 0.2) is 14.7 Å². The van der Waals surface area contributed by atoms with E-state index in [2.05, 4.69) is 26.0 Å². The van der Waals surface area contributed by atoms with Crippen LogP contribution in [-0.2, 0) is 16.6 Å². The molecule has 0 aromatic carbocycles. The summed E-state index contributed by atoms with van der Waals surface area (Å²) < 4.78 is 28.4. The molecule has 114 valence electrons. The average Bonchev–Trinajstić information content (AvgIpc) is 2.65. The molecule has 1 unspecified atom stereocenters. The van der Waals surface area contributed by atoms with Gasteiger partial charge in [0.05, 0.1) is 3.79 Å². The van der Waals surface area contributed by atoms with Crippen molar-refractivity contribution in [3.8, 4) is 0 Å². The predicted molar refractivity (Wildman–Crippen MR) is 86.5 cm³/mol. The van der Waals surface area contributed by atoms with Gasteiger partial charge < -0.3 is 5.32 Å². The molecule has 2 N–H and O–H groups in total. The van der Waals surface area contributed by atoms with Crippen LogP contribution in [-0.4, -0.2) is 21.0 Å². The smallest absolute Gasteiger partial charge is 0.242 e. The molecule has 1 heterocycles. The van der Waals surface area contributed by atoms with Crippen molar-refractivity contribution < 1.29 is 8.42 Å². The minimum Gasteiger partial charge on any atom is -0.312 e. The molecule has 1 aromatic rings. The zero-order valence-corrected chi connectivity index (χ0v) is 15.0. The number of sulfonamides is 1. The lowest BCUT2D eigenvalue weighted by molar-refractivity contribution is 0.260. The van der Waals surface area contributed by atoms with Crippen LogP contribution in [0.2, 0.25) is 0 Å². The third kappa shape index (κ3) is 3.82. The molecule has 1 fully saturated rings. The number of thiophene rings is 1. The van der Waals surface area contributed by atoms with Gasteiger partial charge in [0.1, 0.15) is 4.90 Å². The van der Waals surface area contributed by atoms with Gasteiger partial charge in [0.25, 0.3) is 0 Å². The Bertz CT molecular complexity index is 553. The standard InChI is InChI=1S/C13H21BrN2O2S2/c1-3-15-8-11-7-12(13(14)19-11)20(17,18)16-9(2)10-5-4-6-10/h7,9-10,15-16H,3-6,8H2,1-2H3. The molecule has 4 nitrogen and oxygen atoms in total. The zero-order valence-electron chi connectivity index (χ0n) is 11.8. The van der Waals surface area contributed by atoms with Crippen molar-refractivity contribution in [2.75, 3.05) is 6.54 Å². The molecule has 1 saturated carbocycles. The first-order chi connectivity index (χ1) is 9.44. The van der Waals surface area contributed by atoms with E-state index >= 15 is 0 Å². The summed E-state index contributed by atoms with van der Waals surface area (Å²) in [6, 6.07) is 1.77. The van der Waals surface area contributed by atoms with E-state index in [9.17, 15) is 8.42 Å². The summed E-state index contributed by atoms with van der Waals surface area (Å²) >= 11 is 4.85. The third-order valence-electron chi connectivity index (χ3n) is 3.74. The highest BCUT2D eigenvalue weighted by Crippen LogP contribution is 2.34. The monoisotopic (exact) mass is 380 g/mol. The molecule has 0 spiro atoms. The van der Waals surface area contributed by atoms with Crippen molar-refractivity contribution in [1.29, 1.82) is 0 Å². The van der Waals surface area contributed by atoms with E-state index < -0.39 is 10.0 Å². The summed E-state index contributed by atoms with van der Waals surface area (Å²) in [5.74, 6) is 0.489. The largest absolute Gasteiger partial charge is 0.312 e. The van der Waals surface area contributed by atoms with Gasteiger partial charge in [0, 0.05) is 17.5 Å². The molecule has 1 atom stereocenters. The molecule has 0 amide bonds. The van der Waals surface area contributed by atoms with Crippen LogP contribution in [0, 0.1) is 5.92 Å². The van der Waals surface area contributed by atoms with Gasteiger partial charge in [-0.15, -0.1) is 11.3 Å². The first-order valence-corrected chi connectivity index (χ1v) is 10.0. The fraction of sp³-hybridized carbons (Fsp3) is 0.692. The predicted octanol–water partition coefficient (Wildman–Crippen LogP) is 3.09. The Morgan fingerprint density at radius 3 is 2.75 bits per heavy atom. The fourth-order valence-corrected chi connectivity index (χ4v) is 6.23. The molecule has 1 aromatic heterocycles. The average molecular weight is 381 g/mol. The molecule has 0 aliphatic heterocycles. The molecule has 1 aliphatic carbocycles. The lowest BCUT2D eigenvalue weighted by Gasteiger charge is -2.31. The van der Waals surface area contributed by atoms with E-state index in [1.165, 1.54) is 17.8 Å². The zero-order chi connectivity index (χ0) is 14.8. The van der Waals surface area contributed by atoms with E-state index in [4.69, 9.17) is 0 Å². The molecule has 0 radical (unpaired) electrons. The SMILES string of the molecule is CCNCc1cc(S(=O)(=O)NC(C)C2CCC2)c(Br)s1. The normalized spacial score (nSPS) is 17.9. The topological polar surface area (TPSA) is 58.2 Å². The maximum absolute atomic E-state index is 12.4. The Balaban J connectivity index is 2.09. The minimum atomic E-state index is -3.43. The van der Waals surface area contributed by atoms with Crippen molar-refractivity contribution in [2.24, 2.45) is 5.92 Å². The Morgan fingerprint density at radius 2 is 2.20 bits per heavy atom. The molecular weight excluding hydrogens is 360 g/mol. The summed E-state index contributed by atoms with van der Waals surface area (Å²) in [5.41, 5.74) is 0. The summed E-state index contributed by atoms with van der Waals surface area (Å²) in [5, 5.41) is 3.21. The Morgan fingerprint density at radius 1 is 1.50 bits per heavy atom. The first kappa shape index (κ1) is 16.4. The summed E-state index contributed by atoms with van der Waals surface area (Å²) in [6.45, 7) is 5.56. The second-order valence-corrected chi connectivity index (χ2v) is 9.37. The third-order valence-corrected chi connectivity index (χ3v) is 7.55. The molecule has 0 bridgehead atoms.